The van der Waals surface area contributed by atoms with Crippen LogP contribution < -0.4 is 0 Å². The van der Waals surface area contributed by atoms with Crippen LogP contribution in [0.4, 0.5) is 0 Å². The van der Waals surface area contributed by atoms with Gasteiger partial charge in [-0.15, -0.1) is 0 Å². The average Bonchev–Trinajstić information content (AvgIpc) is 2.94. The molecule has 0 spiro atoms. The number of nitrogens with zero attached hydrogens (tertiary/aromatic N) is 1. The SMILES string of the molecule is CCCC(C)C12CC1CN(C1CCOCC1)C2. The van der Waals surface area contributed by atoms with Crippen LogP contribution in [-0.2, 0) is 4.74 Å². The maximum atomic E-state index is 5.48. The smallest absolute Gasteiger partial charge is 0.0480 e. The summed E-state index contributed by atoms with van der Waals surface area (Å²) in [7, 11) is 0. The zero-order valence-corrected chi connectivity index (χ0v) is 11.5. The van der Waals surface area contributed by atoms with E-state index in [2.05, 4.69) is 18.7 Å². The molecule has 3 aliphatic rings. The molecule has 1 saturated carbocycles. The van der Waals surface area contributed by atoms with Gasteiger partial charge in [0, 0.05) is 32.3 Å². The number of hydrogen-bond donors (Lipinski definition) is 0. The number of likely N-dealkylation sites (tertiary alicyclic amines) is 1. The van der Waals surface area contributed by atoms with E-state index in [1.807, 2.05) is 0 Å². The van der Waals surface area contributed by atoms with Crippen LogP contribution >= 0.6 is 0 Å². The largest absolute Gasteiger partial charge is 0.381 e. The van der Waals surface area contributed by atoms with E-state index in [1.54, 1.807) is 0 Å². The Morgan fingerprint density at radius 1 is 1.35 bits per heavy atom. The molecule has 2 nitrogen and oxygen atoms in total. The van der Waals surface area contributed by atoms with E-state index in [4.69, 9.17) is 4.74 Å². The van der Waals surface area contributed by atoms with Gasteiger partial charge >= 0.3 is 0 Å². The van der Waals surface area contributed by atoms with Crippen molar-refractivity contribution in [2.75, 3.05) is 26.3 Å². The predicted octanol–water partition coefficient (Wildman–Crippen LogP) is 2.92. The lowest BCUT2D eigenvalue weighted by atomic mass is 9.86. The molecule has 1 aliphatic carbocycles. The maximum Gasteiger partial charge on any atom is 0.0480 e. The van der Waals surface area contributed by atoms with Gasteiger partial charge in [-0.1, -0.05) is 26.7 Å². The molecule has 3 unspecified atom stereocenters. The van der Waals surface area contributed by atoms with Crippen LogP contribution in [0.3, 0.4) is 0 Å². The van der Waals surface area contributed by atoms with Gasteiger partial charge in [-0.2, -0.15) is 0 Å². The fraction of sp³-hybridized carbons (Fsp3) is 1.00. The van der Waals surface area contributed by atoms with Crippen LogP contribution in [-0.4, -0.2) is 37.2 Å². The number of ether oxygens (including phenoxy) is 1. The molecule has 0 N–H and O–H groups in total. The summed E-state index contributed by atoms with van der Waals surface area (Å²) in [5.41, 5.74) is 0.730. The van der Waals surface area contributed by atoms with Crippen LogP contribution in [0.5, 0.6) is 0 Å². The minimum absolute atomic E-state index is 0.730. The monoisotopic (exact) mass is 237 g/mol. The van der Waals surface area contributed by atoms with E-state index in [-0.39, 0.29) is 0 Å². The third-order valence-electron chi connectivity index (χ3n) is 5.64. The van der Waals surface area contributed by atoms with Crippen molar-refractivity contribution in [3.8, 4) is 0 Å². The number of rotatable bonds is 4. The Balaban J connectivity index is 1.58. The standard InChI is InChI=1S/C15H27NO/c1-3-4-12(2)15-9-13(15)10-16(11-15)14-5-7-17-8-6-14/h12-14H,3-11H2,1-2H3. The van der Waals surface area contributed by atoms with Crippen molar-refractivity contribution in [2.24, 2.45) is 17.3 Å². The van der Waals surface area contributed by atoms with Crippen LogP contribution in [0.15, 0.2) is 0 Å². The quantitative estimate of drug-likeness (QED) is 0.745. The molecular weight excluding hydrogens is 210 g/mol. The van der Waals surface area contributed by atoms with Gasteiger partial charge < -0.3 is 4.74 Å². The van der Waals surface area contributed by atoms with Gasteiger partial charge in [0.05, 0.1) is 0 Å². The molecule has 3 rings (SSSR count). The topological polar surface area (TPSA) is 12.5 Å². The van der Waals surface area contributed by atoms with Crippen LogP contribution in [0.25, 0.3) is 0 Å². The van der Waals surface area contributed by atoms with Crippen molar-refractivity contribution in [1.29, 1.82) is 0 Å². The van der Waals surface area contributed by atoms with Crippen molar-refractivity contribution in [3.05, 3.63) is 0 Å². The molecule has 0 radical (unpaired) electrons. The van der Waals surface area contributed by atoms with Gasteiger partial charge in [0.2, 0.25) is 0 Å². The van der Waals surface area contributed by atoms with Gasteiger partial charge in [-0.05, 0) is 36.5 Å². The summed E-state index contributed by atoms with van der Waals surface area (Å²) in [4.78, 5) is 2.79. The molecule has 17 heavy (non-hydrogen) atoms. The second-order valence-electron chi connectivity index (χ2n) is 6.60. The summed E-state index contributed by atoms with van der Waals surface area (Å²) in [5.74, 6) is 1.98. The van der Waals surface area contributed by atoms with Crippen LogP contribution in [0, 0.1) is 17.3 Å². The van der Waals surface area contributed by atoms with Crippen molar-refractivity contribution < 1.29 is 4.74 Å². The third-order valence-corrected chi connectivity index (χ3v) is 5.64. The van der Waals surface area contributed by atoms with E-state index in [9.17, 15) is 0 Å². The van der Waals surface area contributed by atoms with E-state index < -0.39 is 0 Å². The fourth-order valence-corrected chi connectivity index (χ4v) is 4.37. The first-order valence-corrected chi connectivity index (χ1v) is 7.58. The highest BCUT2D eigenvalue weighted by Crippen LogP contribution is 2.63. The van der Waals surface area contributed by atoms with Gasteiger partial charge in [0.25, 0.3) is 0 Å². The lowest BCUT2D eigenvalue weighted by molar-refractivity contribution is 0.0343. The second kappa shape index (κ2) is 4.55. The molecule has 2 heteroatoms. The summed E-state index contributed by atoms with van der Waals surface area (Å²) in [6.45, 7) is 9.58. The summed E-state index contributed by atoms with van der Waals surface area (Å²) < 4.78 is 5.48. The fourth-order valence-electron chi connectivity index (χ4n) is 4.37. The van der Waals surface area contributed by atoms with Crippen molar-refractivity contribution >= 4 is 0 Å². The van der Waals surface area contributed by atoms with E-state index >= 15 is 0 Å². The zero-order chi connectivity index (χ0) is 11.9. The molecule has 3 atom stereocenters. The van der Waals surface area contributed by atoms with E-state index in [0.29, 0.717) is 0 Å². The maximum absolute atomic E-state index is 5.48. The predicted molar refractivity (Wildman–Crippen MR) is 70.0 cm³/mol. The molecule has 0 aromatic rings. The highest BCUT2D eigenvalue weighted by Gasteiger charge is 2.62. The Morgan fingerprint density at radius 2 is 2.12 bits per heavy atom. The van der Waals surface area contributed by atoms with Crippen LogP contribution in [0.2, 0.25) is 0 Å². The van der Waals surface area contributed by atoms with Gasteiger partial charge in [0.15, 0.2) is 0 Å². The molecule has 2 heterocycles. The van der Waals surface area contributed by atoms with E-state index in [0.717, 1.165) is 36.5 Å². The van der Waals surface area contributed by atoms with Crippen molar-refractivity contribution in [1.82, 2.24) is 4.90 Å². The highest BCUT2D eigenvalue weighted by molar-refractivity contribution is 5.13. The van der Waals surface area contributed by atoms with Crippen molar-refractivity contribution in [3.63, 3.8) is 0 Å². The second-order valence-corrected chi connectivity index (χ2v) is 6.60. The summed E-state index contributed by atoms with van der Waals surface area (Å²) >= 11 is 0. The van der Waals surface area contributed by atoms with Crippen LogP contribution in [0.1, 0.15) is 46.0 Å². The minimum atomic E-state index is 0.730. The van der Waals surface area contributed by atoms with E-state index in [1.165, 1.54) is 45.2 Å². The zero-order valence-electron chi connectivity index (χ0n) is 11.5. The third kappa shape index (κ3) is 2.04. The normalized spacial score (nSPS) is 40.2. The molecular formula is C15H27NO. The first kappa shape index (κ1) is 12.0. The number of piperidine rings is 1. The minimum Gasteiger partial charge on any atom is -0.381 e. The van der Waals surface area contributed by atoms with Gasteiger partial charge in [0.1, 0.15) is 0 Å². The summed E-state index contributed by atoms with van der Waals surface area (Å²) in [5, 5.41) is 0. The highest BCUT2D eigenvalue weighted by atomic mass is 16.5. The Bertz CT molecular complexity index is 274. The van der Waals surface area contributed by atoms with Gasteiger partial charge in [-0.25, -0.2) is 0 Å². The van der Waals surface area contributed by atoms with Crippen molar-refractivity contribution in [2.45, 2.75) is 52.0 Å². The Kier molecular flexibility index (Phi) is 3.20. The molecule has 3 fully saturated rings. The molecule has 0 aromatic carbocycles. The first-order valence-electron chi connectivity index (χ1n) is 7.58. The lowest BCUT2D eigenvalue weighted by Crippen LogP contribution is -2.40. The Morgan fingerprint density at radius 3 is 2.82 bits per heavy atom. The molecule has 0 amide bonds. The molecule has 2 aliphatic heterocycles. The Labute approximate surface area is 106 Å². The average molecular weight is 237 g/mol. The number of hydrogen-bond acceptors (Lipinski definition) is 2. The summed E-state index contributed by atoms with van der Waals surface area (Å²) in [6, 6.07) is 0.835. The summed E-state index contributed by atoms with van der Waals surface area (Å²) in [6.07, 6.45) is 6.84. The van der Waals surface area contributed by atoms with Gasteiger partial charge in [-0.3, -0.25) is 4.90 Å². The number of fused-ring (bicyclic) bond motifs is 1. The molecule has 2 saturated heterocycles. The molecule has 98 valence electrons. The first-order chi connectivity index (χ1) is 8.26. The lowest BCUT2D eigenvalue weighted by Gasteiger charge is -2.34. The Hall–Kier alpha value is -0.0800. The molecule has 0 bridgehead atoms. The molecule has 0 aromatic heterocycles.